The summed E-state index contributed by atoms with van der Waals surface area (Å²) in [5, 5.41) is 23.4. The van der Waals surface area contributed by atoms with Gasteiger partial charge in [-0.25, -0.2) is 0 Å². The van der Waals surface area contributed by atoms with E-state index < -0.39 is 5.60 Å². The van der Waals surface area contributed by atoms with Crippen LogP contribution in [-0.4, -0.2) is 16.8 Å². The third-order valence-electron chi connectivity index (χ3n) is 2.91. The molecule has 0 saturated carbocycles. The third kappa shape index (κ3) is 3.29. The SMILES string of the molecule is CC(O)(CNCc1cccc(Cl)c1O)c1ccco1. The molecule has 102 valence electrons. The Morgan fingerprint density at radius 3 is 2.79 bits per heavy atom. The first-order chi connectivity index (χ1) is 9.00. The van der Waals surface area contributed by atoms with Crippen molar-refractivity contribution in [3.05, 3.63) is 52.9 Å². The number of furan rings is 1. The molecule has 5 heteroatoms. The van der Waals surface area contributed by atoms with Gasteiger partial charge in [0.1, 0.15) is 17.1 Å². The number of benzene rings is 1. The Kier molecular flexibility index (Phi) is 4.14. The molecule has 0 fully saturated rings. The van der Waals surface area contributed by atoms with Crippen molar-refractivity contribution in [2.45, 2.75) is 19.1 Å². The van der Waals surface area contributed by atoms with Gasteiger partial charge in [0.05, 0.1) is 11.3 Å². The lowest BCUT2D eigenvalue weighted by atomic mass is 10.0. The first-order valence-corrected chi connectivity index (χ1v) is 6.32. The molecular formula is C14H16ClNO3. The van der Waals surface area contributed by atoms with E-state index in [2.05, 4.69) is 5.32 Å². The monoisotopic (exact) mass is 281 g/mol. The fourth-order valence-electron chi connectivity index (χ4n) is 1.82. The molecule has 0 saturated heterocycles. The van der Waals surface area contributed by atoms with Crippen molar-refractivity contribution < 1.29 is 14.6 Å². The van der Waals surface area contributed by atoms with E-state index in [-0.39, 0.29) is 5.75 Å². The quantitative estimate of drug-likeness (QED) is 0.788. The number of halogens is 1. The maximum atomic E-state index is 10.2. The van der Waals surface area contributed by atoms with Crippen LogP contribution in [-0.2, 0) is 12.1 Å². The van der Waals surface area contributed by atoms with Crippen molar-refractivity contribution in [2.24, 2.45) is 0 Å². The normalized spacial score (nSPS) is 14.3. The molecule has 19 heavy (non-hydrogen) atoms. The van der Waals surface area contributed by atoms with Gasteiger partial charge in [0.25, 0.3) is 0 Å². The van der Waals surface area contributed by atoms with Gasteiger partial charge in [0, 0.05) is 18.7 Å². The fourth-order valence-corrected chi connectivity index (χ4v) is 2.01. The lowest BCUT2D eigenvalue weighted by Gasteiger charge is -2.21. The molecule has 4 nitrogen and oxygen atoms in total. The molecule has 1 aromatic carbocycles. The molecule has 2 aromatic rings. The second-order valence-electron chi connectivity index (χ2n) is 4.60. The van der Waals surface area contributed by atoms with Crippen LogP contribution in [0.4, 0.5) is 0 Å². The number of hydrogen-bond acceptors (Lipinski definition) is 4. The number of para-hydroxylation sites is 1. The zero-order valence-corrected chi connectivity index (χ0v) is 11.3. The molecule has 0 aliphatic rings. The summed E-state index contributed by atoms with van der Waals surface area (Å²) >= 11 is 5.82. The standard InChI is InChI=1S/C14H16ClNO3/c1-14(18,12-6-3-7-19-12)9-16-8-10-4-2-5-11(15)13(10)17/h2-7,16-18H,8-9H2,1H3. The average molecular weight is 282 g/mol. The molecular weight excluding hydrogens is 266 g/mol. The fraction of sp³-hybridized carbons (Fsp3) is 0.286. The van der Waals surface area contributed by atoms with Crippen LogP contribution in [0.3, 0.4) is 0 Å². The van der Waals surface area contributed by atoms with E-state index in [1.54, 1.807) is 37.3 Å². The molecule has 0 bridgehead atoms. The summed E-state index contributed by atoms with van der Waals surface area (Å²) in [7, 11) is 0. The Hall–Kier alpha value is -1.49. The molecule has 0 aliphatic carbocycles. The molecule has 1 atom stereocenters. The Morgan fingerprint density at radius 1 is 1.32 bits per heavy atom. The van der Waals surface area contributed by atoms with Crippen LogP contribution in [0.2, 0.25) is 5.02 Å². The molecule has 3 N–H and O–H groups in total. The van der Waals surface area contributed by atoms with Crippen LogP contribution in [0, 0.1) is 0 Å². The van der Waals surface area contributed by atoms with Crippen LogP contribution in [0.15, 0.2) is 41.0 Å². The topological polar surface area (TPSA) is 65.6 Å². The minimum atomic E-state index is -1.10. The van der Waals surface area contributed by atoms with Crippen molar-refractivity contribution in [3.63, 3.8) is 0 Å². The van der Waals surface area contributed by atoms with Crippen molar-refractivity contribution in [1.29, 1.82) is 0 Å². The highest BCUT2D eigenvalue weighted by Gasteiger charge is 2.25. The van der Waals surface area contributed by atoms with Crippen molar-refractivity contribution in [1.82, 2.24) is 5.32 Å². The Labute approximate surface area is 116 Å². The predicted octanol–water partition coefficient (Wildman–Crippen LogP) is 2.64. The number of hydrogen-bond donors (Lipinski definition) is 3. The van der Waals surface area contributed by atoms with Gasteiger partial charge >= 0.3 is 0 Å². The van der Waals surface area contributed by atoms with Gasteiger partial charge in [0.2, 0.25) is 0 Å². The van der Waals surface area contributed by atoms with E-state index in [0.29, 0.717) is 29.4 Å². The second kappa shape index (κ2) is 5.65. The van der Waals surface area contributed by atoms with E-state index in [4.69, 9.17) is 16.0 Å². The number of nitrogens with one attached hydrogen (secondary N) is 1. The highest BCUT2D eigenvalue weighted by atomic mass is 35.5. The van der Waals surface area contributed by atoms with E-state index in [1.165, 1.54) is 6.26 Å². The van der Waals surface area contributed by atoms with Crippen LogP contribution >= 0.6 is 11.6 Å². The molecule has 2 rings (SSSR count). The minimum Gasteiger partial charge on any atom is -0.506 e. The maximum Gasteiger partial charge on any atom is 0.138 e. The summed E-state index contributed by atoms with van der Waals surface area (Å²) in [6.07, 6.45) is 1.52. The Balaban J connectivity index is 1.95. The lowest BCUT2D eigenvalue weighted by Crippen LogP contribution is -2.34. The zero-order chi connectivity index (χ0) is 13.9. The zero-order valence-electron chi connectivity index (χ0n) is 10.6. The minimum absolute atomic E-state index is 0.0642. The number of phenolic OH excluding ortho intramolecular Hbond substituents is 1. The van der Waals surface area contributed by atoms with Gasteiger partial charge < -0.3 is 19.9 Å². The number of phenols is 1. The van der Waals surface area contributed by atoms with Crippen LogP contribution in [0.5, 0.6) is 5.75 Å². The smallest absolute Gasteiger partial charge is 0.138 e. The summed E-state index contributed by atoms with van der Waals surface area (Å²) in [5.74, 6) is 0.560. The summed E-state index contributed by atoms with van der Waals surface area (Å²) < 4.78 is 5.18. The van der Waals surface area contributed by atoms with E-state index in [1.807, 2.05) is 0 Å². The highest BCUT2D eigenvalue weighted by Crippen LogP contribution is 2.27. The number of rotatable bonds is 5. The summed E-state index contributed by atoms with van der Waals surface area (Å²) in [5.41, 5.74) is -0.416. The predicted molar refractivity (Wildman–Crippen MR) is 73.1 cm³/mol. The van der Waals surface area contributed by atoms with Crippen LogP contribution < -0.4 is 5.32 Å². The summed E-state index contributed by atoms with van der Waals surface area (Å²) in [6.45, 7) is 2.37. The summed E-state index contributed by atoms with van der Waals surface area (Å²) in [4.78, 5) is 0. The van der Waals surface area contributed by atoms with E-state index in [0.717, 1.165) is 0 Å². The van der Waals surface area contributed by atoms with Gasteiger partial charge in [-0.2, -0.15) is 0 Å². The van der Waals surface area contributed by atoms with Gasteiger partial charge in [-0.15, -0.1) is 0 Å². The number of aliphatic hydroxyl groups is 1. The highest BCUT2D eigenvalue weighted by molar-refractivity contribution is 6.32. The molecule has 0 spiro atoms. The average Bonchev–Trinajstić information content (AvgIpc) is 2.89. The van der Waals surface area contributed by atoms with Crippen LogP contribution in [0.25, 0.3) is 0 Å². The molecule has 0 radical (unpaired) electrons. The second-order valence-corrected chi connectivity index (χ2v) is 5.01. The molecule has 0 amide bonds. The first-order valence-electron chi connectivity index (χ1n) is 5.94. The largest absolute Gasteiger partial charge is 0.506 e. The summed E-state index contributed by atoms with van der Waals surface area (Å²) in [6, 6.07) is 8.62. The van der Waals surface area contributed by atoms with Crippen molar-refractivity contribution >= 4 is 11.6 Å². The molecule has 1 unspecified atom stereocenters. The molecule has 1 aromatic heterocycles. The van der Waals surface area contributed by atoms with Crippen LogP contribution in [0.1, 0.15) is 18.2 Å². The first kappa shape index (κ1) is 13.9. The van der Waals surface area contributed by atoms with E-state index in [9.17, 15) is 10.2 Å². The van der Waals surface area contributed by atoms with Crippen molar-refractivity contribution in [2.75, 3.05) is 6.54 Å². The van der Waals surface area contributed by atoms with E-state index >= 15 is 0 Å². The van der Waals surface area contributed by atoms with Gasteiger partial charge in [-0.3, -0.25) is 0 Å². The van der Waals surface area contributed by atoms with Gasteiger partial charge in [-0.1, -0.05) is 23.7 Å². The van der Waals surface area contributed by atoms with Gasteiger partial charge in [-0.05, 0) is 25.1 Å². The number of aromatic hydroxyl groups is 1. The van der Waals surface area contributed by atoms with Gasteiger partial charge in [0.15, 0.2) is 0 Å². The third-order valence-corrected chi connectivity index (χ3v) is 3.21. The lowest BCUT2D eigenvalue weighted by molar-refractivity contribution is 0.0340. The maximum absolute atomic E-state index is 10.2. The molecule has 1 heterocycles. The van der Waals surface area contributed by atoms with Crippen molar-refractivity contribution in [3.8, 4) is 5.75 Å². The Bertz CT molecular complexity index is 538. The molecule has 0 aliphatic heterocycles. The Morgan fingerprint density at radius 2 is 2.11 bits per heavy atom.